The summed E-state index contributed by atoms with van der Waals surface area (Å²) in [6.07, 6.45) is -3.36. The Morgan fingerprint density at radius 1 is 0.935 bits per heavy atom. The molecule has 46 heavy (non-hydrogen) atoms. The zero-order chi connectivity index (χ0) is 33.3. The van der Waals surface area contributed by atoms with Crippen LogP contribution in [0.25, 0.3) is 11.8 Å². The first kappa shape index (κ1) is 32.1. The number of carbonyl (C=O) groups is 1. The second kappa shape index (κ2) is 12.9. The molecule has 1 saturated heterocycles. The Morgan fingerprint density at radius 2 is 1.65 bits per heavy atom. The normalized spacial score (nSPS) is 26.0. The van der Waals surface area contributed by atoms with Crippen molar-refractivity contribution in [1.82, 2.24) is 0 Å². The average molecular weight is 644 g/mol. The molecule has 0 spiro atoms. The summed E-state index contributed by atoms with van der Waals surface area (Å²) in [6.45, 7) is -0.584. The number of methoxy groups -OCH3 is 1. The van der Waals surface area contributed by atoms with Gasteiger partial charge in [-0.15, -0.1) is 0 Å². The number of esters is 1. The van der Waals surface area contributed by atoms with E-state index >= 15 is 0 Å². The van der Waals surface area contributed by atoms with Gasteiger partial charge in [0.15, 0.2) is 28.7 Å². The van der Waals surface area contributed by atoms with E-state index in [-0.39, 0.29) is 45.7 Å². The number of fused-ring (bicyclic) bond motifs is 1. The second-order valence-corrected chi connectivity index (χ2v) is 10.4. The predicted octanol–water partition coefficient (Wildman–Crippen LogP) is 1.00. The zero-order valence-electron chi connectivity index (χ0n) is 24.0. The smallest absolute Gasteiger partial charge is 0.330 e. The fourth-order valence-electron chi connectivity index (χ4n) is 4.85. The van der Waals surface area contributed by atoms with Gasteiger partial charge in [0.1, 0.15) is 42.5 Å². The number of aromatic hydroxyl groups is 4. The van der Waals surface area contributed by atoms with Crippen molar-refractivity contribution in [2.75, 3.05) is 13.7 Å². The summed E-state index contributed by atoms with van der Waals surface area (Å²) in [4.78, 5) is 12.4. The van der Waals surface area contributed by atoms with Crippen LogP contribution in [0.4, 0.5) is 0 Å². The highest BCUT2D eigenvalue weighted by Gasteiger charge is 2.47. The highest BCUT2D eigenvalue weighted by Crippen LogP contribution is 2.41. The number of phenols is 4. The molecule has 6 atom stereocenters. The van der Waals surface area contributed by atoms with Crippen molar-refractivity contribution in [1.29, 1.82) is 0 Å². The van der Waals surface area contributed by atoms with Crippen molar-refractivity contribution < 1.29 is 74.4 Å². The molecular formula is C31H31O15+. The van der Waals surface area contributed by atoms with E-state index in [1.165, 1.54) is 43.5 Å². The summed E-state index contributed by atoms with van der Waals surface area (Å²) < 4.78 is 26.2. The van der Waals surface area contributed by atoms with Gasteiger partial charge in [0.2, 0.25) is 18.2 Å². The molecule has 2 aromatic rings. The van der Waals surface area contributed by atoms with Gasteiger partial charge in [0.25, 0.3) is 0 Å². The maximum Gasteiger partial charge on any atom is 0.330 e. The van der Waals surface area contributed by atoms with Crippen LogP contribution in [-0.4, -0.2) is 107 Å². The molecule has 0 saturated carbocycles. The van der Waals surface area contributed by atoms with E-state index in [1.54, 1.807) is 0 Å². The highest BCUT2D eigenvalue weighted by atomic mass is 16.7. The lowest BCUT2D eigenvalue weighted by Gasteiger charge is -2.40. The lowest BCUT2D eigenvalue weighted by molar-refractivity contribution is -0.291. The Morgan fingerprint density at radius 3 is 2.35 bits per heavy atom. The maximum atomic E-state index is 12.4. The first-order valence-electron chi connectivity index (χ1n) is 13.7. The van der Waals surface area contributed by atoms with Crippen LogP contribution in [0.2, 0.25) is 0 Å². The molecule has 1 unspecified atom stereocenters. The number of allylic oxidation sites excluding steroid dienone is 2. The van der Waals surface area contributed by atoms with Gasteiger partial charge >= 0.3 is 11.7 Å². The van der Waals surface area contributed by atoms with Gasteiger partial charge in [-0.2, -0.15) is 0 Å². The minimum Gasteiger partial charge on any atom is -0.571 e. The van der Waals surface area contributed by atoms with Gasteiger partial charge in [-0.1, -0.05) is 6.07 Å². The number of hydrogen-bond donors (Lipinski definition) is 9. The van der Waals surface area contributed by atoms with E-state index in [4.69, 9.17) is 18.9 Å². The summed E-state index contributed by atoms with van der Waals surface area (Å²) in [5.41, 5.74) is 0.665. The molecule has 15 heteroatoms. The number of benzene rings is 2. The van der Waals surface area contributed by atoms with Crippen molar-refractivity contribution in [2.24, 2.45) is 0 Å². The van der Waals surface area contributed by atoms with E-state index in [1.807, 2.05) is 0 Å². The quantitative estimate of drug-likeness (QED) is 0.0843. The Kier molecular flexibility index (Phi) is 9.02. The molecule has 5 rings (SSSR count). The molecule has 2 heterocycles. The molecule has 0 aromatic heterocycles. The number of aliphatic hydroxyl groups is 7. The van der Waals surface area contributed by atoms with Gasteiger partial charge in [-0.05, 0) is 23.8 Å². The third kappa shape index (κ3) is 6.52. The van der Waals surface area contributed by atoms with Gasteiger partial charge in [0, 0.05) is 30.4 Å². The fourth-order valence-corrected chi connectivity index (χ4v) is 4.85. The Hall–Kier alpha value is -5.35. The van der Waals surface area contributed by atoms with Crippen LogP contribution in [-0.2, 0) is 19.0 Å². The summed E-state index contributed by atoms with van der Waals surface area (Å²) in [7, 11) is 1.37. The van der Waals surface area contributed by atoms with Crippen LogP contribution in [0.5, 0.6) is 28.7 Å². The van der Waals surface area contributed by atoms with Gasteiger partial charge < -0.3 is 69.6 Å². The fraction of sp³-hybridized carbons (Fsp3) is 0.258. The Balaban J connectivity index is 1.37. The average Bonchev–Trinajstić information content (AvgIpc) is 3.02. The maximum absolute atomic E-state index is 12.4. The Labute approximate surface area is 260 Å². The largest absolute Gasteiger partial charge is 0.571 e. The molecule has 244 valence electrons. The molecular weight excluding hydrogens is 612 g/mol. The third-order valence-corrected chi connectivity index (χ3v) is 7.28. The van der Waals surface area contributed by atoms with Crippen LogP contribution < -0.4 is 4.74 Å². The molecule has 10 N–H and O–H groups in total. The second-order valence-electron chi connectivity index (χ2n) is 10.4. The van der Waals surface area contributed by atoms with E-state index in [9.17, 15) is 50.8 Å². The molecule has 0 bridgehead atoms. The van der Waals surface area contributed by atoms with E-state index in [0.29, 0.717) is 5.56 Å². The van der Waals surface area contributed by atoms with Gasteiger partial charge in [-0.25, -0.2) is 4.79 Å². The zero-order valence-corrected chi connectivity index (χ0v) is 24.0. The third-order valence-electron chi connectivity index (χ3n) is 7.28. The van der Waals surface area contributed by atoms with Gasteiger partial charge in [-0.3, -0.25) is 0 Å². The number of carbonyl (C=O) groups excluding carboxylic acids is 1. The standard InChI is InChI=1S/C31H30O15/c1-42-22-6-13(2-4-17(22)33)3-5-25(37)43-12-24-27(39)28(40)29(41)31(46-24)45-23-11-16-18(34)9-15(32)10-21(16)44-30(23)14-7-19(35)26(38)20(36)8-14/h2-11,21,24,27-29,31-36,38-41H,12H2,1H3/p+1/b5-3+/t21?,24-,27-,28+,29-,31-/m1/s1. The van der Waals surface area contributed by atoms with Crippen LogP contribution >= 0.6 is 0 Å². The monoisotopic (exact) mass is 643 g/mol. The first-order valence-corrected chi connectivity index (χ1v) is 13.7. The summed E-state index contributed by atoms with van der Waals surface area (Å²) in [5, 5.41) is 92.0. The lowest BCUT2D eigenvalue weighted by atomic mass is 9.96. The van der Waals surface area contributed by atoms with Crippen molar-refractivity contribution in [3.05, 3.63) is 88.6 Å². The van der Waals surface area contributed by atoms with E-state index < -0.39 is 66.6 Å². The van der Waals surface area contributed by atoms with Gasteiger partial charge in [0.05, 0.1) is 24.3 Å². The van der Waals surface area contributed by atoms with Crippen LogP contribution in [0.1, 0.15) is 11.1 Å². The van der Waals surface area contributed by atoms with Crippen molar-refractivity contribution in [3.63, 3.8) is 0 Å². The molecule has 1 fully saturated rings. The molecule has 2 aromatic carbocycles. The molecule has 2 aliphatic heterocycles. The highest BCUT2D eigenvalue weighted by molar-refractivity contribution is 5.87. The van der Waals surface area contributed by atoms with Crippen LogP contribution in [0.3, 0.4) is 0 Å². The molecule has 15 nitrogen and oxygen atoms in total. The summed E-state index contributed by atoms with van der Waals surface area (Å²) >= 11 is 0. The number of ether oxygens (including phenoxy) is 5. The van der Waals surface area contributed by atoms with E-state index in [2.05, 4.69) is 4.74 Å². The molecule has 3 aliphatic rings. The SMILES string of the molecule is COc1cc(/C=C/C(=O)OC[C@H]2O[C@@H](OC3=C(c4cc(O)c(O)c(O)c4)[OH+]C4C=C(O)C=C(O)C4=C3)[C@H](O)[C@@H](O)[C@@H]2O)ccc1O. The molecule has 0 amide bonds. The minimum absolute atomic E-state index is 0.00873. The van der Waals surface area contributed by atoms with Crippen LogP contribution in [0.15, 0.2) is 77.5 Å². The van der Waals surface area contributed by atoms with Crippen molar-refractivity contribution in [3.8, 4) is 28.7 Å². The van der Waals surface area contributed by atoms with Crippen molar-refractivity contribution in [2.45, 2.75) is 36.8 Å². The number of aliphatic hydroxyl groups excluding tert-OH is 5. The minimum atomic E-state index is -1.85. The summed E-state index contributed by atoms with van der Waals surface area (Å²) in [6, 6.07) is 6.49. The first-order chi connectivity index (χ1) is 21.9. The van der Waals surface area contributed by atoms with Crippen molar-refractivity contribution >= 4 is 17.8 Å². The lowest BCUT2D eigenvalue weighted by Crippen LogP contribution is -2.59. The van der Waals surface area contributed by atoms with E-state index in [0.717, 1.165) is 24.3 Å². The predicted molar refractivity (Wildman–Crippen MR) is 156 cm³/mol. The number of hydrogen-bond acceptors (Lipinski definition) is 14. The summed E-state index contributed by atoms with van der Waals surface area (Å²) in [5.74, 6) is -3.92. The molecule has 0 radical (unpaired) electrons. The van der Waals surface area contributed by atoms with Crippen LogP contribution in [0, 0.1) is 0 Å². The topological polar surface area (TPSA) is 249 Å². The number of phenolic OH excluding ortho intramolecular Hbond substituents is 4. The Bertz CT molecular complexity index is 1650. The number of rotatable bonds is 8. The molecule has 1 aliphatic carbocycles.